The first-order valence-electron chi connectivity index (χ1n) is 6.88. The van der Waals surface area contributed by atoms with Crippen LogP contribution in [0.3, 0.4) is 0 Å². The third-order valence-electron chi connectivity index (χ3n) is 3.89. The lowest BCUT2D eigenvalue weighted by Crippen LogP contribution is -2.27. The fraction of sp³-hybridized carbons (Fsp3) is 0.600. The minimum absolute atomic E-state index is 0.0115. The van der Waals surface area contributed by atoms with Gasteiger partial charge in [0.2, 0.25) is 0 Å². The van der Waals surface area contributed by atoms with E-state index in [1.165, 1.54) is 50.3 Å². The zero-order valence-electron chi connectivity index (χ0n) is 11.0. The van der Waals surface area contributed by atoms with E-state index < -0.39 is 0 Å². The fourth-order valence-electron chi connectivity index (χ4n) is 2.72. The molecule has 1 aliphatic carbocycles. The normalized spacial score (nSPS) is 18.8. The monoisotopic (exact) mass is 251 g/mol. The van der Waals surface area contributed by atoms with E-state index in [4.69, 9.17) is 0 Å². The van der Waals surface area contributed by atoms with Gasteiger partial charge in [-0.05, 0) is 50.4 Å². The molecule has 3 heteroatoms. The number of phenols is 1. The molecule has 1 aromatic carbocycles. The smallest absolute Gasteiger partial charge is 0.123 e. The highest BCUT2D eigenvalue weighted by atomic mass is 19.1. The Hall–Kier alpha value is -1.09. The number of benzene rings is 1. The van der Waals surface area contributed by atoms with Gasteiger partial charge in [0.15, 0.2) is 0 Å². The van der Waals surface area contributed by atoms with E-state index in [2.05, 4.69) is 5.32 Å². The lowest BCUT2D eigenvalue weighted by atomic mass is 9.89. The van der Waals surface area contributed by atoms with Gasteiger partial charge in [0.25, 0.3) is 0 Å². The lowest BCUT2D eigenvalue weighted by Gasteiger charge is -2.24. The van der Waals surface area contributed by atoms with Crippen LogP contribution in [0.4, 0.5) is 4.39 Å². The molecule has 1 fully saturated rings. The van der Waals surface area contributed by atoms with Gasteiger partial charge in [0, 0.05) is 11.6 Å². The summed E-state index contributed by atoms with van der Waals surface area (Å²) < 4.78 is 13.2. The Morgan fingerprint density at radius 2 is 2.06 bits per heavy atom. The number of nitrogens with one attached hydrogen (secondary N) is 1. The summed E-state index contributed by atoms with van der Waals surface area (Å²) in [5, 5.41) is 13.1. The molecule has 0 aliphatic heterocycles. The number of phenolic OH excluding ortho intramolecular Hbond substituents is 1. The van der Waals surface area contributed by atoms with Crippen molar-refractivity contribution in [1.82, 2.24) is 5.32 Å². The largest absolute Gasteiger partial charge is 0.508 e. The molecule has 0 amide bonds. The maximum Gasteiger partial charge on any atom is 0.123 e. The Labute approximate surface area is 108 Å². The summed E-state index contributed by atoms with van der Waals surface area (Å²) in [4.78, 5) is 0. The van der Waals surface area contributed by atoms with Gasteiger partial charge < -0.3 is 10.4 Å². The minimum atomic E-state index is -0.297. The van der Waals surface area contributed by atoms with E-state index in [9.17, 15) is 9.50 Å². The molecule has 1 aliphatic rings. The molecule has 2 rings (SSSR count). The standard InChI is InChI=1S/C15H22FNO/c1-11(14-9-13(16)7-8-15(14)18)17-10-12-5-3-2-4-6-12/h7-9,11-12,17-18H,2-6,10H2,1H3. The fourth-order valence-corrected chi connectivity index (χ4v) is 2.72. The molecule has 1 aromatic rings. The molecule has 0 saturated heterocycles. The van der Waals surface area contributed by atoms with Crippen molar-refractivity contribution in [3.8, 4) is 5.75 Å². The van der Waals surface area contributed by atoms with Gasteiger partial charge >= 0.3 is 0 Å². The van der Waals surface area contributed by atoms with Crippen LogP contribution in [0.5, 0.6) is 5.75 Å². The molecule has 0 spiro atoms. The van der Waals surface area contributed by atoms with Gasteiger partial charge in [0.1, 0.15) is 11.6 Å². The van der Waals surface area contributed by atoms with Gasteiger partial charge in [-0.25, -0.2) is 4.39 Å². The molecular formula is C15H22FNO. The van der Waals surface area contributed by atoms with Crippen LogP contribution in [0.15, 0.2) is 18.2 Å². The predicted molar refractivity (Wildman–Crippen MR) is 71.1 cm³/mol. The van der Waals surface area contributed by atoms with Crippen LogP contribution in [0.1, 0.15) is 50.6 Å². The zero-order chi connectivity index (χ0) is 13.0. The topological polar surface area (TPSA) is 32.3 Å². The van der Waals surface area contributed by atoms with E-state index in [0.29, 0.717) is 5.56 Å². The second kappa shape index (κ2) is 6.19. The molecule has 2 nitrogen and oxygen atoms in total. The highest BCUT2D eigenvalue weighted by Gasteiger charge is 2.16. The first-order valence-corrected chi connectivity index (χ1v) is 6.88. The lowest BCUT2D eigenvalue weighted by molar-refractivity contribution is 0.329. The second-order valence-electron chi connectivity index (χ2n) is 5.34. The molecule has 1 atom stereocenters. The summed E-state index contributed by atoms with van der Waals surface area (Å²) in [7, 11) is 0. The summed E-state index contributed by atoms with van der Waals surface area (Å²) in [5.41, 5.74) is 0.644. The molecule has 0 heterocycles. The summed E-state index contributed by atoms with van der Waals surface area (Å²) in [6.07, 6.45) is 6.58. The van der Waals surface area contributed by atoms with Gasteiger partial charge in [-0.3, -0.25) is 0 Å². The van der Waals surface area contributed by atoms with Crippen molar-refractivity contribution in [1.29, 1.82) is 0 Å². The van der Waals surface area contributed by atoms with E-state index in [-0.39, 0.29) is 17.6 Å². The van der Waals surface area contributed by atoms with Crippen molar-refractivity contribution >= 4 is 0 Å². The average molecular weight is 251 g/mol. The van der Waals surface area contributed by atoms with Crippen molar-refractivity contribution < 1.29 is 9.50 Å². The maximum atomic E-state index is 13.2. The van der Waals surface area contributed by atoms with E-state index in [0.717, 1.165) is 12.5 Å². The first-order chi connectivity index (χ1) is 8.66. The molecule has 0 bridgehead atoms. The molecule has 100 valence electrons. The van der Waals surface area contributed by atoms with Crippen molar-refractivity contribution in [3.63, 3.8) is 0 Å². The van der Waals surface area contributed by atoms with Crippen LogP contribution in [0.25, 0.3) is 0 Å². The van der Waals surface area contributed by atoms with Gasteiger partial charge in [-0.15, -0.1) is 0 Å². The summed E-state index contributed by atoms with van der Waals surface area (Å²) in [6, 6.07) is 4.10. The highest BCUT2D eigenvalue weighted by molar-refractivity contribution is 5.34. The Morgan fingerprint density at radius 3 is 2.78 bits per heavy atom. The van der Waals surface area contributed by atoms with Gasteiger partial charge in [-0.1, -0.05) is 19.3 Å². The molecule has 18 heavy (non-hydrogen) atoms. The van der Waals surface area contributed by atoms with E-state index >= 15 is 0 Å². The van der Waals surface area contributed by atoms with Crippen LogP contribution in [0, 0.1) is 11.7 Å². The van der Waals surface area contributed by atoms with Gasteiger partial charge in [0.05, 0.1) is 0 Å². The van der Waals surface area contributed by atoms with Gasteiger partial charge in [-0.2, -0.15) is 0 Å². The second-order valence-corrected chi connectivity index (χ2v) is 5.34. The quantitative estimate of drug-likeness (QED) is 0.854. The number of rotatable bonds is 4. The van der Waals surface area contributed by atoms with E-state index in [1.54, 1.807) is 0 Å². The highest BCUT2D eigenvalue weighted by Crippen LogP contribution is 2.27. The minimum Gasteiger partial charge on any atom is -0.508 e. The number of hydrogen-bond acceptors (Lipinski definition) is 2. The summed E-state index contributed by atoms with van der Waals surface area (Å²) in [5.74, 6) is 0.603. The first kappa shape index (κ1) is 13.3. The molecule has 1 saturated carbocycles. The molecule has 2 N–H and O–H groups in total. The molecular weight excluding hydrogens is 229 g/mol. The Morgan fingerprint density at radius 1 is 1.33 bits per heavy atom. The SMILES string of the molecule is CC(NCC1CCCCC1)c1cc(F)ccc1O. The van der Waals surface area contributed by atoms with E-state index in [1.807, 2.05) is 6.92 Å². The molecule has 0 aromatic heterocycles. The van der Waals surface area contributed by atoms with Crippen molar-refractivity contribution in [3.05, 3.63) is 29.6 Å². The van der Waals surface area contributed by atoms with Crippen LogP contribution < -0.4 is 5.32 Å². The third-order valence-corrected chi connectivity index (χ3v) is 3.89. The Kier molecular flexibility index (Phi) is 4.59. The van der Waals surface area contributed by atoms with Crippen LogP contribution in [0.2, 0.25) is 0 Å². The summed E-state index contributed by atoms with van der Waals surface area (Å²) in [6.45, 7) is 2.93. The van der Waals surface area contributed by atoms with Crippen LogP contribution >= 0.6 is 0 Å². The number of halogens is 1. The van der Waals surface area contributed by atoms with Crippen molar-refractivity contribution in [2.75, 3.05) is 6.54 Å². The zero-order valence-corrected chi connectivity index (χ0v) is 11.0. The predicted octanol–water partition coefficient (Wildman–Crippen LogP) is 3.76. The summed E-state index contributed by atoms with van der Waals surface area (Å²) >= 11 is 0. The average Bonchev–Trinajstić information content (AvgIpc) is 2.40. The third kappa shape index (κ3) is 3.45. The molecule has 1 unspecified atom stereocenters. The van der Waals surface area contributed by atoms with Crippen LogP contribution in [-0.4, -0.2) is 11.7 Å². The Bertz CT molecular complexity index is 388. The van der Waals surface area contributed by atoms with Crippen molar-refractivity contribution in [2.24, 2.45) is 5.92 Å². The maximum absolute atomic E-state index is 13.2. The molecule has 0 radical (unpaired) electrons. The van der Waals surface area contributed by atoms with Crippen LogP contribution in [-0.2, 0) is 0 Å². The number of aromatic hydroxyl groups is 1. The Balaban J connectivity index is 1.90. The van der Waals surface area contributed by atoms with Crippen molar-refractivity contribution in [2.45, 2.75) is 45.1 Å². The number of hydrogen-bond donors (Lipinski definition) is 2.